The highest BCUT2D eigenvalue weighted by molar-refractivity contribution is 7.89. The van der Waals surface area contributed by atoms with Crippen molar-refractivity contribution in [3.63, 3.8) is 0 Å². The van der Waals surface area contributed by atoms with Gasteiger partial charge in [-0.1, -0.05) is 12.1 Å². The fraction of sp³-hybridized carbons (Fsp3) is 0.600. The van der Waals surface area contributed by atoms with E-state index in [1.54, 1.807) is 6.92 Å². The molecule has 1 aromatic carbocycles. The van der Waals surface area contributed by atoms with E-state index in [0.717, 1.165) is 36.2 Å². The summed E-state index contributed by atoms with van der Waals surface area (Å²) in [5.74, 6) is 1.41. The van der Waals surface area contributed by atoms with Gasteiger partial charge in [0.2, 0.25) is 15.9 Å². The molecule has 28 heavy (non-hydrogen) atoms. The number of aromatic nitrogens is 2. The van der Waals surface area contributed by atoms with Crippen molar-refractivity contribution >= 4 is 27.0 Å². The number of nitrogens with one attached hydrogen (secondary N) is 1. The van der Waals surface area contributed by atoms with Crippen LogP contribution < -0.4 is 0 Å². The van der Waals surface area contributed by atoms with Gasteiger partial charge in [0.15, 0.2) is 0 Å². The standard InChI is InChI=1S/C20H28N4O3S/c1-2-28(26,27)24-12-9-15(10-13-24)20(25)23-11-5-6-16(14-23)19-21-17-7-3-4-8-18(17)22-19/h3-4,7-8,15-16H,2,5-6,9-14H2,1H3,(H,21,22). The number of hydrogen-bond acceptors (Lipinski definition) is 4. The topological polar surface area (TPSA) is 86.4 Å². The lowest BCUT2D eigenvalue weighted by Gasteiger charge is -2.37. The average Bonchev–Trinajstić information content (AvgIpc) is 3.18. The molecule has 2 saturated heterocycles. The Hall–Kier alpha value is -1.93. The van der Waals surface area contributed by atoms with Crippen LogP contribution in [0.1, 0.15) is 44.3 Å². The largest absolute Gasteiger partial charge is 0.342 e. The number of aromatic amines is 1. The number of carbonyl (C=O) groups excluding carboxylic acids is 1. The number of fused-ring (bicyclic) bond motifs is 1. The lowest BCUT2D eigenvalue weighted by Crippen LogP contribution is -2.47. The fourth-order valence-corrected chi connectivity index (χ4v) is 5.52. The summed E-state index contributed by atoms with van der Waals surface area (Å²) >= 11 is 0. The highest BCUT2D eigenvalue weighted by Crippen LogP contribution is 2.29. The van der Waals surface area contributed by atoms with Crippen molar-refractivity contribution < 1.29 is 13.2 Å². The maximum absolute atomic E-state index is 13.1. The van der Waals surface area contributed by atoms with Crippen LogP contribution in [0.25, 0.3) is 11.0 Å². The van der Waals surface area contributed by atoms with Crippen LogP contribution in [-0.2, 0) is 14.8 Å². The molecule has 1 unspecified atom stereocenters. The first-order chi connectivity index (χ1) is 13.5. The molecule has 1 N–H and O–H groups in total. The third-order valence-corrected chi connectivity index (χ3v) is 7.97. The van der Waals surface area contributed by atoms with E-state index < -0.39 is 10.0 Å². The van der Waals surface area contributed by atoms with E-state index in [1.165, 1.54) is 4.31 Å². The maximum Gasteiger partial charge on any atom is 0.225 e. The van der Waals surface area contributed by atoms with E-state index in [4.69, 9.17) is 4.98 Å². The molecule has 0 saturated carbocycles. The van der Waals surface area contributed by atoms with E-state index in [2.05, 4.69) is 4.98 Å². The van der Waals surface area contributed by atoms with Gasteiger partial charge in [-0.25, -0.2) is 17.7 Å². The van der Waals surface area contributed by atoms with Crippen LogP contribution in [-0.4, -0.2) is 65.4 Å². The van der Waals surface area contributed by atoms with Crippen molar-refractivity contribution in [2.24, 2.45) is 5.92 Å². The van der Waals surface area contributed by atoms with Crippen molar-refractivity contribution in [3.8, 4) is 0 Å². The smallest absolute Gasteiger partial charge is 0.225 e. The van der Waals surface area contributed by atoms with Crippen molar-refractivity contribution in [2.75, 3.05) is 31.9 Å². The van der Waals surface area contributed by atoms with Gasteiger partial charge in [0.25, 0.3) is 0 Å². The maximum atomic E-state index is 13.1. The number of H-pyrrole nitrogens is 1. The molecule has 0 radical (unpaired) electrons. The quantitative estimate of drug-likeness (QED) is 0.847. The number of imidazole rings is 1. The molecule has 0 spiro atoms. The van der Waals surface area contributed by atoms with Crippen molar-refractivity contribution in [1.82, 2.24) is 19.2 Å². The molecular weight excluding hydrogens is 376 g/mol. The van der Waals surface area contributed by atoms with Crippen LogP contribution in [0.15, 0.2) is 24.3 Å². The number of rotatable bonds is 4. The molecule has 3 heterocycles. The van der Waals surface area contributed by atoms with Crippen LogP contribution >= 0.6 is 0 Å². The Bertz CT molecular complexity index is 914. The Morgan fingerprint density at radius 2 is 1.93 bits per heavy atom. The monoisotopic (exact) mass is 404 g/mol. The minimum Gasteiger partial charge on any atom is -0.342 e. The first-order valence-electron chi connectivity index (χ1n) is 10.2. The summed E-state index contributed by atoms with van der Waals surface area (Å²) in [4.78, 5) is 23.2. The van der Waals surface area contributed by atoms with Crippen LogP contribution in [0.4, 0.5) is 0 Å². The van der Waals surface area contributed by atoms with E-state index in [0.29, 0.717) is 32.5 Å². The molecule has 4 rings (SSSR count). The van der Waals surface area contributed by atoms with E-state index in [1.807, 2.05) is 29.2 Å². The molecule has 152 valence electrons. The van der Waals surface area contributed by atoms with Gasteiger partial charge >= 0.3 is 0 Å². The van der Waals surface area contributed by atoms with E-state index in [9.17, 15) is 13.2 Å². The summed E-state index contributed by atoms with van der Waals surface area (Å²) in [6.07, 6.45) is 3.22. The molecule has 1 amide bonds. The summed E-state index contributed by atoms with van der Waals surface area (Å²) in [6, 6.07) is 8.00. The number of nitrogens with zero attached hydrogens (tertiary/aromatic N) is 3. The van der Waals surface area contributed by atoms with Crippen LogP contribution in [0.3, 0.4) is 0 Å². The van der Waals surface area contributed by atoms with Crippen molar-refractivity contribution in [1.29, 1.82) is 0 Å². The van der Waals surface area contributed by atoms with Crippen molar-refractivity contribution in [3.05, 3.63) is 30.1 Å². The summed E-state index contributed by atoms with van der Waals surface area (Å²) in [6.45, 7) is 4.04. The summed E-state index contributed by atoms with van der Waals surface area (Å²) in [7, 11) is -3.16. The number of benzene rings is 1. The van der Waals surface area contributed by atoms with Gasteiger partial charge in [0.1, 0.15) is 5.82 Å². The van der Waals surface area contributed by atoms with E-state index in [-0.39, 0.29) is 23.5 Å². The predicted octanol–water partition coefficient (Wildman–Crippen LogP) is 2.33. The lowest BCUT2D eigenvalue weighted by molar-refractivity contribution is -0.138. The van der Waals surface area contributed by atoms with Gasteiger partial charge < -0.3 is 9.88 Å². The van der Waals surface area contributed by atoms with Gasteiger partial charge in [-0.15, -0.1) is 0 Å². The third kappa shape index (κ3) is 3.80. The highest BCUT2D eigenvalue weighted by Gasteiger charge is 2.34. The number of piperidine rings is 2. The zero-order valence-corrected chi connectivity index (χ0v) is 17.1. The van der Waals surface area contributed by atoms with Crippen LogP contribution in [0.2, 0.25) is 0 Å². The van der Waals surface area contributed by atoms with Gasteiger partial charge in [-0.05, 0) is 44.7 Å². The Labute approximate surface area is 166 Å². The first-order valence-corrected chi connectivity index (χ1v) is 11.8. The molecule has 0 bridgehead atoms. The van der Waals surface area contributed by atoms with Crippen LogP contribution in [0.5, 0.6) is 0 Å². The number of amides is 1. The zero-order chi connectivity index (χ0) is 19.7. The Morgan fingerprint density at radius 1 is 1.18 bits per heavy atom. The van der Waals surface area contributed by atoms with E-state index >= 15 is 0 Å². The second-order valence-electron chi connectivity index (χ2n) is 7.84. The lowest BCUT2D eigenvalue weighted by atomic mass is 9.92. The molecule has 2 aromatic rings. The molecule has 8 heteroatoms. The fourth-order valence-electron chi connectivity index (χ4n) is 4.39. The number of hydrogen-bond donors (Lipinski definition) is 1. The highest BCUT2D eigenvalue weighted by atomic mass is 32.2. The number of likely N-dealkylation sites (tertiary alicyclic amines) is 1. The average molecular weight is 405 g/mol. The Balaban J connectivity index is 1.40. The Morgan fingerprint density at radius 3 is 2.64 bits per heavy atom. The molecule has 1 aromatic heterocycles. The Kier molecular flexibility index (Phi) is 5.42. The minimum atomic E-state index is -3.16. The van der Waals surface area contributed by atoms with Gasteiger partial charge in [-0.2, -0.15) is 0 Å². The van der Waals surface area contributed by atoms with Gasteiger partial charge in [0, 0.05) is 38.0 Å². The van der Waals surface area contributed by atoms with Gasteiger partial charge in [0.05, 0.1) is 16.8 Å². The third-order valence-electron chi connectivity index (χ3n) is 6.09. The molecule has 2 fully saturated rings. The SMILES string of the molecule is CCS(=O)(=O)N1CCC(C(=O)N2CCCC(c3nc4ccccc4[nH]3)C2)CC1. The molecular formula is C20H28N4O3S. The first kappa shape index (κ1) is 19.4. The molecule has 2 aliphatic heterocycles. The summed E-state index contributed by atoms with van der Waals surface area (Å²) < 4.78 is 25.6. The minimum absolute atomic E-state index is 0.0715. The molecule has 1 atom stereocenters. The summed E-state index contributed by atoms with van der Waals surface area (Å²) in [5.41, 5.74) is 2.00. The molecule has 7 nitrogen and oxygen atoms in total. The summed E-state index contributed by atoms with van der Waals surface area (Å²) in [5, 5.41) is 0. The second kappa shape index (κ2) is 7.83. The normalized spacial score (nSPS) is 22.6. The van der Waals surface area contributed by atoms with Crippen LogP contribution in [0, 0.1) is 5.92 Å². The van der Waals surface area contributed by atoms with Crippen molar-refractivity contribution in [2.45, 2.75) is 38.5 Å². The molecule has 0 aliphatic carbocycles. The molecule has 2 aliphatic rings. The zero-order valence-electron chi connectivity index (χ0n) is 16.3. The predicted molar refractivity (Wildman–Crippen MR) is 108 cm³/mol. The number of carbonyl (C=O) groups is 1. The van der Waals surface area contributed by atoms with Gasteiger partial charge in [-0.3, -0.25) is 4.79 Å². The number of sulfonamides is 1. The number of para-hydroxylation sites is 2. The second-order valence-corrected chi connectivity index (χ2v) is 10.1.